The number of rotatable bonds is 4. The molecular weight excluding hydrogens is 408 g/mol. The fourth-order valence-electron chi connectivity index (χ4n) is 2.94. The van der Waals surface area contributed by atoms with Crippen LogP contribution in [0.2, 0.25) is 0 Å². The predicted molar refractivity (Wildman–Crippen MR) is 115 cm³/mol. The van der Waals surface area contributed by atoms with Crippen LogP contribution in [-0.4, -0.2) is 34.9 Å². The van der Waals surface area contributed by atoms with Crippen molar-refractivity contribution >= 4 is 46.2 Å². The molecule has 0 spiro atoms. The summed E-state index contributed by atoms with van der Waals surface area (Å²) in [5.74, 6) is 0.354. The molecule has 1 N–H and O–H groups in total. The van der Waals surface area contributed by atoms with Crippen LogP contribution in [-0.2, 0) is 4.79 Å². The first-order valence-electron chi connectivity index (χ1n) is 8.71. The Morgan fingerprint density at radius 1 is 1.24 bits per heavy atom. The van der Waals surface area contributed by atoms with E-state index in [1.165, 1.54) is 7.11 Å². The Bertz CT molecular complexity index is 1080. The second-order valence-corrected chi connectivity index (χ2v) is 7.88. The molecule has 1 fully saturated rings. The molecule has 0 radical (unpaired) electrons. The molecule has 0 saturated carbocycles. The van der Waals surface area contributed by atoms with E-state index in [1.54, 1.807) is 30.3 Å². The second-order valence-electron chi connectivity index (χ2n) is 6.20. The lowest BCUT2D eigenvalue weighted by Gasteiger charge is -2.17. The van der Waals surface area contributed by atoms with Crippen LogP contribution in [0.3, 0.4) is 0 Å². The van der Waals surface area contributed by atoms with Gasteiger partial charge < -0.3 is 9.47 Å². The van der Waals surface area contributed by atoms with E-state index in [9.17, 15) is 9.59 Å². The van der Waals surface area contributed by atoms with E-state index in [0.29, 0.717) is 22.8 Å². The third-order valence-electron chi connectivity index (χ3n) is 4.33. The molecule has 146 valence electrons. The fourth-order valence-corrected chi connectivity index (χ4v) is 4.14. The number of carbonyl (C=O) groups is 2. The van der Waals surface area contributed by atoms with Crippen LogP contribution in [0.15, 0.2) is 65.1 Å². The Kier molecular flexibility index (Phi) is 5.37. The Morgan fingerprint density at radius 2 is 2.00 bits per heavy atom. The first-order valence-corrected chi connectivity index (χ1v) is 9.93. The first kappa shape index (κ1) is 19.2. The lowest BCUT2D eigenvalue weighted by molar-refractivity contribution is -0.123. The summed E-state index contributed by atoms with van der Waals surface area (Å²) in [6.45, 7) is 0.356. The van der Waals surface area contributed by atoms with Crippen LogP contribution >= 0.6 is 24.0 Å². The zero-order chi connectivity index (χ0) is 20.4. The van der Waals surface area contributed by atoms with Gasteiger partial charge in [-0.3, -0.25) is 15.0 Å². The summed E-state index contributed by atoms with van der Waals surface area (Å²) in [7, 11) is 1.48. The molecule has 2 aromatic carbocycles. The van der Waals surface area contributed by atoms with E-state index < -0.39 is 5.91 Å². The average Bonchev–Trinajstić information content (AvgIpc) is 3.00. The van der Waals surface area contributed by atoms with Gasteiger partial charge in [0.15, 0.2) is 4.32 Å². The highest BCUT2D eigenvalue weighted by molar-refractivity contribution is 8.26. The van der Waals surface area contributed by atoms with Crippen LogP contribution < -0.4 is 14.9 Å². The number of benzene rings is 2. The summed E-state index contributed by atoms with van der Waals surface area (Å²) in [4.78, 5) is 25.8. The third-order valence-corrected chi connectivity index (χ3v) is 5.63. The number of ether oxygens (including phenoxy) is 2. The van der Waals surface area contributed by atoms with E-state index in [0.717, 1.165) is 33.7 Å². The van der Waals surface area contributed by atoms with E-state index in [4.69, 9.17) is 21.7 Å². The van der Waals surface area contributed by atoms with Crippen molar-refractivity contribution < 1.29 is 19.1 Å². The van der Waals surface area contributed by atoms with Crippen molar-refractivity contribution in [2.24, 2.45) is 0 Å². The Labute approximate surface area is 177 Å². The molecule has 4 rings (SSSR count). The van der Waals surface area contributed by atoms with E-state index in [1.807, 2.05) is 30.3 Å². The van der Waals surface area contributed by atoms with Crippen molar-refractivity contribution in [3.05, 3.63) is 76.2 Å². The van der Waals surface area contributed by atoms with Crippen molar-refractivity contribution in [3.8, 4) is 11.5 Å². The highest BCUT2D eigenvalue weighted by Crippen LogP contribution is 2.33. The zero-order valence-electron chi connectivity index (χ0n) is 15.4. The monoisotopic (exact) mass is 424 g/mol. The van der Waals surface area contributed by atoms with Gasteiger partial charge in [0.25, 0.3) is 11.8 Å². The molecule has 6 nitrogen and oxygen atoms in total. The maximum absolute atomic E-state index is 12.8. The fraction of sp³-hybridized carbons (Fsp3) is 0.0952. The minimum absolute atomic E-state index is 0.252. The molecule has 2 amide bonds. The van der Waals surface area contributed by atoms with Crippen LogP contribution in [0.4, 0.5) is 0 Å². The molecule has 0 aliphatic carbocycles. The highest BCUT2D eigenvalue weighted by atomic mass is 32.2. The summed E-state index contributed by atoms with van der Waals surface area (Å²) in [6.07, 6.45) is 3.71. The van der Waals surface area contributed by atoms with Crippen molar-refractivity contribution in [3.63, 3.8) is 0 Å². The van der Waals surface area contributed by atoms with E-state index in [2.05, 4.69) is 5.43 Å². The van der Waals surface area contributed by atoms with Gasteiger partial charge in [-0.1, -0.05) is 42.1 Å². The number of hydrogen-bond donors (Lipinski definition) is 1. The Balaban J connectivity index is 1.53. The van der Waals surface area contributed by atoms with Crippen LogP contribution in [0.25, 0.3) is 6.08 Å². The van der Waals surface area contributed by atoms with Gasteiger partial charge in [0, 0.05) is 5.56 Å². The number of thiocarbonyl (C=S) groups is 1. The highest BCUT2D eigenvalue weighted by Gasteiger charge is 2.34. The number of methoxy groups -OCH3 is 1. The molecule has 0 bridgehead atoms. The largest absolute Gasteiger partial charge is 0.496 e. The molecule has 2 aliphatic rings. The van der Waals surface area contributed by atoms with Gasteiger partial charge in [-0.25, -0.2) is 0 Å². The van der Waals surface area contributed by atoms with Gasteiger partial charge in [0.05, 0.1) is 17.6 Å². The van der Waals surface area contributed by atoms with Gasteiger partial charge in [-0.2, -0.15) is 5.01 Å². The minimum atomic E-state index is -0.478. The van der Waals surface area contributed by atoms with Crippen LogP contribution in [0.1, 0.15) is 15.9 Å². The quantitative estimate of drug-likeness (QED) is 0.598. The van der Waals surface area contributed by atoms with E-state index in [-0.39, 0.29) is 10.2 Å². The number of hydrazine groups is 1. The molecule has 0 atom stereocenters. The van der Waals surface area contributed by atoms with Gasteiger partial charge in [-0.15, -0.1) is 0 Å². The number of carbonyl (C=O) groups excluding carboxylic acids is 2. The van der Waals surface area contributed by atoms with Crippen molar-refractivity contribution in [1.82, 2.24) is 10.4 Å². The number of para-hydroxylation sites is 2. The molecule has 1 saturated heterocycles. The van der Waals surface area contributed by atoms with Crippen LogP contribution in [0, 0.1) is 0 Å². The SMILES string of the molecule is COc1ccccc1C(=O)NN1C(=O)/C(=C\C2=Cc3ccccc3OC2)SC1=S. The van der Waals surface area contributed by atoms with Gasteiger partial charge >= 0.3 is 0 Å². The molecule has 0 aromatic heterocycles. The molecule has 2 aromatic rings. The molecule has 29 heavy (non-hydrogen) atoms. The normalized spacial score (nSPS) is 16.9. The summed E-state index contributed by atoms with van der Waals surface area (Å²) in [5, 5.41) is 1.08. The molecule has 2 aliphatic heterocycles. The molecule has 0 unspecified atom stereocenters. The summed E-state index contributed by atoms with van der Waals surface area (Å²) in [5.41, 5.74) is 4.67. The zero-order valence-corrected chi connectivity index (χ0v) is 17.0. The van der Waals surface area contributed by atoms with Gasteiger partial charge in [0.2, 0.25) is 0 Å². The third kappa shape index (κ3) is 3.90. The standard InChI is InChI=1S/C21H16N2O4S2/c1-26-17-9-5-3-7-15(17)19(24)22-23-20(25)18(29-21(23)28)11-13-10-14-6-2-4-8-16(14)27-12-13/h2-11H,12H2,1H3,(H,22,24)/b18-11+. The smallest absolute Gasteiger partial charge is 0.285 e. The van der Waals surface area contributed by atoms with Crippen molar-refractivity contribution in [2.75, 3.05) is 13.7 Å². The number of fused-ring (bicyclic) bond motifs is 1. The van der Waals surface area contributed by atoms with Gasteiger partial charge in [-0.05, 0) is 48.1 Å². The predicted octanol–water partition coefficient (Wildman–Crippen LogP) is 3.56. The first-order chi connectivity index (χ1) is 14.1. The van der Waals surface area contributed by atoms with E-state index >= 15 is 0 Å². The van der Waals surface area contributed by atoms with Crippen molar-refractivity contribution in [2.45, 2.75) is 0 Å². The number of nitrogens with one attached hydrogen (secondary N) is 1. The minimum Gasteiger partial charge on any atom is -0.496 e. The molecule has 8 heteroatoms. The maximum Gasteiger partial charge on any atom is 0.285 e. The summed E-state index contributed by atoms with van der Waals surface area (Å²) in [6, 6.07) is 14.4. The molecular formula is C21H16N2O4S2. The van der Waals surface area contributed by atoms with Crippen LogP contribution in [0.5, 0.6) is 11.5 Å². The van der Waals surface area contributed by atoms with Crippen molar-refractivity contribution in [1.29, 1.82) is 0 Å². The lowest BCUT2D eigenvalue weighted by Crippen LogP contribution is -2.44. The molecule has 2 heterocycles. The number of thioether (sulfide) groups is 1. The maximum atomic E-state index is 12.8. The second kappa shape index (κ2) is 8.10. The Morgan fingerprint density at radius 3 is 2.83 bits per heavy atom. The lowest BCUT2D eigenvalue weighted by atomic mass is 10.1. The van der Waals surface area contributed by atoms with Gasteiger partial charge in [0.1, 0.15) is 18.1 Å². The summed E-state index contributed by atoms with van der Waals surface area (Å²) < 4.78 is 11.2. The number of hydrogen-bond acceptors (Lipinski definition) is 6. The average molecular weight is 425 g/mol. The summed E-state index contributed by atoms with van der Waals surface area (Å²) >= 11 is 6.42. The number of amides is 2. The topological polar surface area (TPSA) is 67.9 Å². The Hall–Kier alpha value is -3.10. The number of nitrogens with zero attached hydrogens (tertiary/aromatic N) is 1.